The van der Waals surface area contributed by atoms with E-state index in [1.165, 1.54) is 12.5 Å². The van der Waals surface area contributed by atoms with Crippen LogP contribution in [0.25, 0.3) is 11.4 Å². The van der Waals surface area contributed by atoms with Crippen molar-refractivity contribution in [2.75, 3.05) is 44.2 Å². The maximum absolute atomic E-state index is 12.7. The van der Waals surface area contributed by atoms with Gasteiger partial charge in [-0.3, -0.25) is 14.5 Å². The van der Waals surface area contributed by atoms with Crippen LogP contribution in [0.2, 0.25) is 0 Å². The Hall–Kier alpha value is -2.74. The van der Waals surface area contributed by atoms with Crippen LogP contribution in [0.4, 0.5) is 5.82 Å². The quantitative estimate of drug-likeness (QED) is 0.789. The fourth-order valence-corrected chi connectivity index (χ4v) is 4.42. The molecule has 0 radical (unpaired) electrons. The summed E-state index contributed by atoms with van der Waals surface area (Å²) in [6.07, 6.45) is 5.95. The number of hydrogen-bond acceptors (Lipinski definition) is 6. The van der Waals surface area contributed by atoms with Gasteiger partial charge in [-0.2, -0.15) is 0 Å². The van der Waals surface area contributed by atoms with Crippen LogP contribution in [0.15, 0.2) is 29.2 Å². The Kier molecular flexibility index (Phi) is 6.65. The summed E-state index contributed by atoms with van der Waals surface area (Å²) < 4.78 is 0. The van der Waals surface area contributed by atoms with Gasteiger partial charge in [0.15, 0.2) is 0 Å². The number of H-pyrrole nitrogens is 1. The van der Waals surface area contributed by atoms with Gasteiger partial charge in [0.1, 0.15) is 11.6 Å². The van der Waals surface area contributed by atoms with Gasteiger partial charge in [-0.05, 0) is 44.7 Å². The van der Waals surface area contributed by atoms with E-state index in [0.717, 1.165) is 62.6 Å². The first-order chi connectivity index (χ1) is 15.0. The summed E-state index contributed by atoms with van der Waals surface area (Å²) in [4.78, 5) is 43.0. The van der Waals surface area contributed by atoms with E-state index >= 15 is 0 Å². The predicted molar refractivity (Wildman–Crippen MR) is 121 cm³/mol. The van der Waals surface area contributed by atoms with Crippen molar-refractivity contribution in [2.45, 2.75) is 45.6 Å². The lowest BCUT2D eigenvalue weighted by Crippen LogP contribution is -2.52. The van der Waals surface area contributed by atoms with E-state index < -0.39 is 0 Å². The number of anilines is 1. The predicted octanol–water partition coefficient (Wildman–Crippen LogP) is 1.92. The zero-order chi connectivity index (χ0) is 21.8. The molecule has 1 N–H and O–H groups in total. The van der Waals surface area contributed by atoms with Crippen LogP contribution in [0, 0.1) is 0 Å². The highest BCUT2D eigenvalue weighted by Gasteiger charge is 2.26. The summed E-state index contributed by atoms with van der Waals surface area (Å²) in [7, 11) is 0. The van der Waals surface area contributed by atoms with Crippen molar-refractivity contribution in [3.63, 3.8) is 0 Å². The molecule has 0 aliphatic carbocycles. The molecule has 8 heteroatoms. The number of hydrogen-bond donors (Lipinski definition) is 1. The average molecular weight is 425 g/mol. The van der Waals surface area contributed by atoms with Crippen LogP contribution in [0.5, 0.6) is 0 Å². The fourth-order valence-electron chi connectivity index (χ4n) is 4.42. The lowest BCUT2D eigenvalue weighted by Gasteiger charge is -2.38. The average Bonchev–Trinajstić information content (AvgIpc) is 2.79. The second kappa shape index (κ2) is 9.60. The molecule has 8 nitrogen and oxygen atoms in total. The zero-order valence-corrected chi connectivity index (χ0v) is 18.5. The summed E-state index contributed by atoms with van der Waals surface area (Å²) >= 11 is 0. The Morgan fingerprint density at radius 2 is 1.97 bits per heavy atom. The molecule has 2 aromatic heterocycles. The topological polar surface area (TPSA) is 85.4 Å². The minimum Gasteiger partial charge on any atom is -0.354 e. The number of amides is 1. The van der Waals surface area contributed by atoms with E-state index in [9.17, 15) is 9.59 Å². The molecule has 1 amide bonds. The number of aryl methyl sites for hydroxylation is 1. The SMILES string of the molecule is CCc1cc(=O)[nH]c(-c2ccc(N3CCN(CC(=O)N4CCCCC4C)CC3)nc2)n1. The highest BCUT2D eigenvalue weighted by Crippen LogP contribution is 2.20. The third kappa shape index (κ3) is 5.12. The molecule has 0 spiro atoms. The molecule has 2 aliphatic rings. The molecule has 4 heterocycles. The van der Waals surface area contributed by atoms with E-state index in [1.807, 2.05) is 19.1 Å². The van der Waals surface area contributed by atoms with Crippen molar-refractivity contribution >= 4 is 11.7 Å². The molecule has 166 valence electrons. The molecular formula is C23H32N6O2. The van der Waals surface area contributed by atoms with Gasteiger partial charge < -0.3 is 14.8 Å². The molecule has 4 rings (SSSR count). The summed E-state index contributed by atoms with van der Waals surface area (Å²) in [6.45, 7) is 8.94. The normalized spacial score (nSPS) is 20.1. The van der Waals surface area contributed by atoms with Crippen molar-refractivity contribution in [3.8, 4) is 11.4 Å². The number of likely N-dealkylation sites (tertiary alicyclic amines) is 1. The number of aromatic amines is 1. The molecule has 0 saturated carbocycles. The maximum Gasteiger partial charge on any atom is 0.251 e. The molecule has 2 aliphatic heterocycles. The van der Waals surface area contributed by atoms with Gasteiger partial charge >= 0.3 is 0 Å². The third-order valence-corrected chi connectivity index (χ3v) is 6.36. The summed E-state index contributed by atoms with van der Waals surface area (Å²) in [5, 5.41) is 0. The Morgan fingerprint density at radius 3 is 2.65 bits per heavy atom. The zero-order valence-electron chi connectivity index (χ0n) is 18.5. The Morgan fingerprint density at radius 1 is 1.16 bits per heavy atom. The number of pyridine rings is 1. The molecule has 2 aromatic rings. The number of carbonyl (C=O) groups excluding carboxylic acids is 1. The van der Waals surface area contributed by atoms with Gasteiger partial charge in [0.05, 0.1) is 6.54 Å². The van der Waals surface area contributed by atoms with Gasteiger partial charge in [0, 0.05) is 62.3 Å². The van der Waals surface area contributed by atoms with Gasteiger partial charge in [-0.15, -0.1) is 0 Å². The van der Waals surface area contributed by atoms with E-state index in [-0.39, 0.29) is 11.5 Å². The number of rotatable bonds is 5. The van der Waals surface area contributed by atoms with Crippen molar-refractivity contribution in [3.05, 3.63) is 40.4 Å². The van der Waals surface area contributed by atoms with Crippen LogP contribution < -0.4 is 10.5 Å². The maximum atomic E-state index is 12.7. The second-order valence-electron chi connectivity index (χ2n) is 8.54. The Bertz CT molecular complexity index is 949. The van der Waals surface area contributed by atoms with Crippen molar-refractivity contribution in [1.29, 1.82) is 0 Å². The molecule has 0 aromatic carbocycles. The first-order valence-corrected chi connectivity index (χ1v) is 11.4. The molecule has 1 unspecified atom stereocenters. The number of aromatic nitrogens is 3. The van der Waals surface area contributed by atoms with Gasteiger partial charge in [-0.25, -0.2) is 9.97 Å². The van der Waals surface area contributed by atoms with E-state index in [0.29, 0.717) is 24.8 Å². The summed E-state index contributed by atoms with van der Waals surface area (Å²) in [6, 6.07) is 5.83. The van der Waals surface area contributed by atoms with Crippen molar-refractivity contribution in [2.24, 2.45) is 0 Å². The monoisotopic (exact) mass is 424 g/mol. The number of nitrogens with one attached hydrogen (secondary N) is 1. The van der Waals surface area contributed by atoms with Crippen LogP contribution in [0.3, 0.4) is 0 Å². The fraction of sp³-hybridized carbons (Fsp3) is 0.565. The number of piperazine rings is 1. The molecule has 2 saturated heterocycles. The minimum absolute atomic E-state index is 0.143. The number of carbonyl (C=O) groups is 1. The number of nitrogens with zero attached hydrogens (tertiary/aromatic N) is 5. The van der Waals surface area contributed by atoms with Crippen molar-refractivity contribution in [1.82, 2.24) is 24.8 Å². The summed E-state index contributed by atoms with van der Waals surface area (Å²) in [5.41, 5.74) is 1.43. The second-order valence-corrected chi connectivity index (χ2v) is 8.54. The highest BCUT2D eigenvalue weighted by molar-refractivity contribution is 5.78. The van der Waals surface area contributed by atoms with Crippen LogP contribution in [-0.2, 0) is 11.2 Å². The molecule has 1 atom stereocenters. The minimum atomic E-state index is -0.143. The van der Waals surface area contributed by atoms with Gasteiger partial charge in [0.2, 0.25) is 5.91 Å². The lowest BCUT2D eigenvalue weighted by atomic mass is 10.0. The molecule has 0 bridgehead atoms. The third-order valence-electron chi connectivity index (χ3n) is 6.36. The first-order valence-electron chi connectivity index (χ1n) is 11.4. The smallest absolute Gasteiger partial charge is 0.251 e. The van der Waals surface area contributed by atoms with E-state index in [1.54, 1.807) is 6.20 Å². The van der Waals surface area contributed by atoms with Crippen LogP contribution in [-0.4, -0.2) is 76.0 Å². The van der Waals surface area contributed by atoms with E-state index in [4.69, 9.17) is 0 Å². The molecule has 2 fully saturated rings. The first kappa shape index (κ1) is 21.5. The summed E-state index contributed by atoms with van der Waals surface area (Å²) in [5.74, 6) is 1.73. The Balaban J connectivity index is 1.33. The highest BCUT2D eigenvalue weighted by atomic mass is 16.2. The standard InChI is InChI=1S/C23H32N6O2/c1-3-19-14-21(30)26-23(25-19)18-7-8-20(24-15-18)28-12-10-27(11-13-28)16-22(31)29-9-5-4-6-17(29)2/h7-8,14-15,17H,3-6,9-13,16H2,1-2H3,(H,25,26,30). The van der Waals surface area contributed by atoms with Gasteiger partial charge in [-0.1, -0.05) is 6.92 Å². The Labute approximate surface area is 183 Å². The van der Waals surface area contributed by atoms with Gasteiger partial charge in [0.25, 0.3) is 5.56 Å². The number of piperidine rings is 1. The largest absolute Gasteiger partial charge is 0.354 e. The van der Waals surface area contributed by atoms with E-state index in [2.05, 4.69) is 36.6 Å². The van der Waals surface area contributed by atoms with Crippen molar-refractivity contribution < 1.29 is 4.79 Å². The molecular weight excluding hydrogens is 392 g/mol. The van der Waals surface area contributed by atoms with Crippen LogP contribution >= 0.6 is 0 Å². The lowest BCUT2D eigenvalue weighted by molar-refractivity contribution is -0.135. The van der Waals surface area contributed by atoms with Crippen LogP contribution in [0.1, 0.15) is 38.8 Å². The molecule has 31 heavy (non-hydrogen) atoms.